The highest BCUT2D eigenvalue weighted by atomic mass is 32.2. The topological polar surface area (TPSA) is 49.8 Å². The summed E-state index contributed by atoms with van der Waals surface area (Å²) in [5.41, 5.74) is 0.108. The van der Waals surface area contributed by atoms with Crippen molar-refractivity contribution in [3.8, 4) is 5.75 Å². The Morgan fingerprint density at radius 2 is 1.89 bits per heavy atom. The maximum atomic E-state index is 13.1. The van der Waals surface area contributed by atoms with E-state index in [0.717, 1.165) is 11.6 Å². The van der Waals surface area contributed by atoms with Gasteiger partial charge in [0.15, 0.2) is 6.61 Å². The molecule has 1 N–H and O–H groups in total. The third kappa shape index (κ3) is 5.20. The van der Waals surface area contributed by atoms with E-state index < -0.39 is 11.7 Å². The van der Waals surface area contributed by atoms with Gasteiger partial charge in [0.05, 0.1) is 12.2 Å². The molecule has 0 saturated carbocycles. The first-order valence-electron chi connectivity index (χ1n) is 8.80. The fourth-order valence-electron chi connectivity index (χ4n) is 2.96. The third-order valence-corrected chi connectivity index (χ3v) is 5.78. The maximum Gasteiger partial charge on any atom is 0.417 e. The van der Waals surface area contributed by atoms with Crippen LogP contribution in [-0.2, 0) is 17.6 Å². The molecule has 0 spiro atoms. The maximum absolute atomic E-state index is 13.1. The first kappa shape index (κ1) is 20.5. The Kier molecular flexibility index (Phi) is 6.51. The number of hydrogen-bond donors (Lipinski definition) is 1. The van der Waals surface area contributed by atoms with E-state index in [-0.39, 0.29) is 29.3 Å². The lowest BCUT2D eigenvalue weighted by atomic mass is 10.2. The lowest BCUT2D eigenvalue weighted by Gasteiger charge is -2.18. The largest absolute Gasteiger partial charge is 0.484 e. The number of benzene rings is 2. The molecule has 1 aliphatic rings. The highest BCUT2D eigenvalue weighted by molar-refractivity contribution is 8.00. The highest BCUT2D eigenvalue weighted by Crippen LogP contribution is 2.39. The van der Waals surface area contributed by atoms with E-state index in [4.69, 9.17) is 9.84 Å². The van der Waals surface area contributed by atoms with Gasteiger partial charge in [-0.15, -0.1) is 11.8 Å². The van der Waals surface area contributed by atoms with Crippen LogP contribution in [0.5, 0.6) is 5.75 Å². The lowest BCUT2D eigenvalue weighted by Crippen LogP contribution is -2.33. The number of thioether (sulfide) groups is 1. The zero-order valence-electron chi connectivity index (χ0n) is 15.0. The molecule has 0 aliphatic carbocycles. The van der Waals surface area contributed by atoms with E-state index in [1.165, 1.54) is 23.9 Å². The predicted molar refractivity (Wildman–Crippen MR) is 100 cm³/mol. The molecular weight excluding hydrogens is 391 g/mol. The highest BCUT2D eigenvalue weighted by Gasteiger charge is 2.35. The van der Waals surface area contributed by atoms with Gasteiger partial charge in [-0.1, -0.05) is 24.3 Å². The molecule has 1 atom stereocenters. The minimum absolute atomic E-state index is 0.0660. The predicted octanol–water partition coefficient (Wildman–Crippen LogP) is 3.97. The summed E-state index contributed by atoms with van der Waals surface area (Å²) in [4.78, 5) is 14.1. The average Bonchev–Trinajstić information content (AvgIpc) is 3.14. The smallest absolute Gasteiger partial charge is 0.417 e. The van der Waals surface area contributed by atoms with Crippen LogP contribution in [0.25, 0.3) is 0 Å². The van der Waals surface area contributed by atoms with E-state index in [2.05, 4.69) is 0 Å². The van der Waals surface area contributed by atoms with E-state index >= 15 is 0 Å². The minimum atomic E-state index is -4.39. The summed E-state index contributed by atoms with van der Waals surface area (Å²) in [6.45, 7) is 0.693. The van der Waals surface area contributed by atoms with Crippen molar-refractivity contribution < 1.29 is 27.8 Å². The summed E-state index contributed by atoms with van der Waals surface area (Å²) in [6.07, 6.45) is -3.76. The Bertz CT molecular complexity index is 811. The molecule has 1 fully saturated rings. The molecule has 1 heterocycles. The summed E-state index contributed by atoms with van der Waals surface area (Å²) in [7, 11) is 0. The third-order valence-electron chi connectivity index (χ3n) is 4.45. The monoisotopic (exact) mass is 411 g/mol. The molecule has 1 aliphatic heterocycles. The number of ether oxygens (including phenoxy) is 1. The number of rotatable bonds is 6. The number of nitrogens with zero attached hydrogens (tertiary/aromatic N) is 1. The standard InChI is InChI=1S/C20H20F3NO3S/c21-20(22,23)17-3-1-2-4-18(17)28-16-9-10-24(11-16)19(26)13-27-15-7-5-14(12-25)6-8-15/h1-8,16,25H,9-13H2/t16-/m1/s1. The van der Waals surface area contributed by atoms with Crippen molar-refractivity contribution in [2.75, 3.05) is 19.7 Å². The SMILES string of the molecule is O=C(COc1ccc(CO)cc1)N1CC[C@@H](Sc2ccccc2C(F)(F)F)C1. The molecule has 2 aromatic carbocycles. The van der Waals surface area contributed by atoms with Crippen molar-refractivity contribution in [3.05, 3.63) is 59.7 Å². The van der Waals surface area contributed by atoms with Crippen LogP contribution in [0.3, 0.4) is 0 Å². The zero-order valence-corrected chi connectivity index (χ0v) is 15.8. The van der Waals surface area contributed by atoms with Crippen LogP contribution < -0.4 is 4.74 Å². The van der Waals surface area contributed by atoms with E-state index in [1.807, 2.05) is 0 Å². The number of amides is 1. The summed E-state index contributed by atoms with van der Waals surface area (Å²) < 4.78 is 44.9. The van der Waals surface area contributed by atoms with Crippen LogP contribution in [0.15, 0.2) is 53.4 Å². The Labute approximate surface area is 165 Å². The average molecular weight is 411 g/mol. The van der Waals surface area contributed by atoms with Crippen molar-refractivity contribution in [1.82, 2.24) is 4.90 Å². The molecule has 3 rings (SSSR count). The van der Waals surface area contributed by atoms with Gasteiger partial charge in [0.1, 0.15) is 5.75 Å². The zero-order chi connectivity index (χ0) is 20.1. The van der Waals surface area contributed by atoms with Crippen LogP contribution in [0.2, 0.25) is 0 Å². The van der Waals surface area contributed by atoms with Crippen LogP contribution >= 0.6 is 11.8 Å². The Morgan fingerprint density at radius 1 is 1.18 bits per heavy atom. The van der Waals surface area contributed by atoms with E-state index in [9.17, 15) is 18.0 Å². The molecule has 0 bridgehead atoms. The number of aliphatic hydroxyl groups is 1. The van der Waals surface area contributed by atoms with Crippen molar-refractivity contribution in [1.29, 1.82) is 0 Å². The van der Waals surface area contributed by atoms with Gasteiger partial charge in [-0.25, -0.2) is 0 Å². The number of alkyl halides is 3. The van der Waals surface area contributed by atoms with E-state index in [1.54, 1.807) is 35.2 Å². The van der Waals surface area contributed by atoms with Gasteiger partial charge in [-0.05, 0) is 36.2 Å². The second kappa shape index (κ2) is 8.87. The molecule has 0 aromatic heterocycles. The molecule has 0 unspecified atom stereocenters. The van der Waals surface area contributed by atoms with Crippen molar-refractivity contribution in [2.24, 2.45) is 0 Å². The number of carbonyl (C=O) groups is 1. The normalized spacial score (nSPS) is 17.0. The van der Waals surface area contributed by atoms with Gasteiger partial charge >= 0.3 is 6.18 Å². The molecule has 28 heavy (non-hydrogen) atoms. The molecular formula is C20H20F3NO3S. The van der Waals surface area contributed by atoms with Crippen LogP contribution in [0.4, 0.5) is 13.2 Å². The first-order chi connectivity index (χ1) is 13.4. The minimum Gasteiger partial charge on any atom is -0.484 e. The molecule has 0 radical (unpaired) electrons. The lowest BCUT2D eigenvalue weighted by molar-refractivity contribution is -0.139. The summed E-state index contributed by atoms with van der Waals surface area (Å²) in [5.74, 6) is 0.327. The van der Waals surface area contributed by atoms with Crippen LogP contribution in [0, 0.1) is 0 Å². The number of hydrogen-bond acceptors (Lipinski definition) is 4. The summed E-state index contributed by atoms with van der Waals surface area (Å²) in [6, 6.07) is 12.3. The molecule has 1 saturated heterocycles. The van der Waals surface area contributed by atoms with Gasteiger partial charge in [0.2, 0.25) is 0 Å². The van der Waals surface area contributed by atoms with Gasteiger partial charge in [-0.3, -0.25) is 4.79 Å². The van der Waals surface area contributed by atoms with Crippen LogP contribution in [-0.4, -0.2) is 40.9 Å². The second-order valence-electron chi connectivity index (χ2n) is 6.45. The van der Waals surface area contributed by atoms with Gasteiger partial charge < -0.3 is 14.7 Å². The first-order valence-corrected chi connectivity index (χ1v) is 9.68. The molecule has 8 heteroatoms. The molecule has 2 aromatic rings. The molecule has 1 amide bonds. The Morgan fingerprint density at radius 3 is 2.57 bits per heavy atom. The van der Waals surface area contributed by atoms with Crippen LogP contribution in [0.1, 0.15) is 17.5 Å². The molecule has 150 valence electrons. The number of aliphatic hydroxyl groups excluding tert-OH is 1. The van der Waals surface area contributed by atoms with Gasteiger partial charge in [-0.2, -0.15) is 13.2 Å². The van der Waals surface area contributed by atoms with Gasteiger partial charge in [0.25, 0.3) is 5.91 Å². The van der Waals surface area contributed by atoms with Crippen molar-refractivity contribution in [2.45, 2.75) is 29.3 Å². The summed E-state index contributed by atoms with van der Waals surface area (Å²) in [5, 5.41) is 8.93. The quantitative estimate of drug-likeness (QED) is 0.782. The number of halogens is 3. The Hall–Kier alpha value is -2.19. The van der Waals surface area contributed by atoms with E-state index in [0.29, 0.717) is 25.3 Å². The van der Waals surface area contributed by atoms with Gasteiger partial charge in [0, 0.05) is 23.2 Å². The summed E-state index contributed by atoms with van der Waals surface area (Å²) >= 11 is 1.17. The Balaban J connectivity index is 1.53. The van der Waals surface area contributed by atoms with Crippen molar-refractivity contribution in [3.63, 3.8) is 0 Å². The number of likely N-dealkylation sites (tertiary alicyclic amines) is 1. The van der Waals surface area contributed by atoms with Crippen molar-refractivity contribution >= 4 is 17.7 Å². The number of carbonyl (C=O) groups excluding carboxylic acids is 1. The fraction of sp³-hybridized carbons (Fsp3) is 0.350. The second-order valence-corrected chi connectivity index (χ2v) is 7.80. The fourth-order valence-corrected chi connectivity index (χ4v) is 4.27. The molecule has 4 nitrogen and oxygen atoms in total.